The Labute approximate surface area is 179 Å². The van der Waals surface area contributed by atoms with Crippen molar-refractivity contribution in [1.82, 2.24) is 14.9 Å². The molecular weight excluding hydrogens is 380 g/mol. The van der Waals surface area contributed by atoms with E-state index in [1.54, 1.807) is 6.07 Å². The highest BCUT2D eigenvalue weighted by Crippen LogP contribution is 2.29. The molecule has 0 radical (unpaired) electrons. The van der Waals surface area contributed by atoms with E-state index >= 15 is 0 Å². The average molecular weight is 413 g/mol. The van der Waals surface area contributed by atoms with Gasteiger partial charge in [0.15, 0.2) is 11.5 Å². The van der Waals surface area contributed by atoms with Crippen molar-refractivity contribution >= 4 is 11.7 Å². The molecule has 0 atom stereocenters. The first-order valence-electron chi connectivity index (χ1n) is 10.7. The second-order valence-corrected chi connectivity index (χ2v) is 7.69. The number of carbonyl (C=O) groups is 1. The van der Waals surface area contributed by atoms with Crippen LogP contribution in [0, 0.1) is 6.92 Å². The van der Waals surface area contributed by atoms with Crippen LogP contribution in [0.4, 0.5) is 5.82 Å². The Hall–Kier alpha value is -2.83. The van der Waals surface area contributed by atoms with Crippen LogP contribution >= 0.6 is 0 Å². The Kier molecular flexibility index (Phi) is 7.13. The summed E-state index contributed by atoms with van der Waals surface area (Å²) in [6, 6.07) is 7.43. The quantitative estimate of drug-likeness (QED) is 0.691. The van der Waals surface area contributed by atoms with Crippen LogP contribution in [0.25, 0.3) is 0 Å². The summed E-state index contributed by atoms with van der Waals surface area (Å²) in [6.45, 7) is 13.9. The van der Waals surface area contributed by atoms with Crippen LogP contribution in [0.5, 0.6) is 11.5 Å². The van der Waals surface area contributed by atoms with Gasteiger partial charge in [-0.1, -0.05) is 13.8 Å². The van der Waals surface area contributed by atoms with Crippen molar-refractivity contribution in [2.24, 2.45) is 0 Å². The van der Waals surface area contributed by atoms with E-state index in [-0.39, 0.29) is 11.8 Å². The number of rotatable bonds is 7. The summed E-state index contributed by atoms with van der Waals surface area (Å²) >= 11 is 0. The molecule has 0 N–H and O–H groups in total. The zero-order chi connectivity index (χ0) is 21.7. The third-order valence-corrected chi connectivity index (χ3v) is 5.06. The van der Waals surface area contributed by atoms with Crippen LogP contribution in [0.1, 0.15) is 55.5 Å². The number of hydrogen-bond donors (Lipinski definition) is 0. The molecule has 1 saturated heterocycles. The van der Waals surface area contributed by atoms with Crippen molar-refractivity contribution in [3.8, 4) is 11.5 Å². The van der Waals surface area contributed by atoms with E-state index in [0.29, 0.717) is 43.4 Å². The number of anilines is 1. The normalized spacial score (nSPS) is 14.2. The lowest BCUT2D eigenvalue weighted by Gasteiger charge is -2.35. The van der Waals surface area contributed by atoms with E-state index < -0.39 is 0 Å². The van der Waals surface area contributed by atoms with Crippen LogP contribution in [0.15, 0.2) is 24.3 Å². The molecule has 162 valence electrons. The molecule has 0 spiro atoms. The van der Waals surface area contributed by atoms with E-state index in [2.05, 4.69) is 23.7 Å². The highest BCUT2D eigenvalue weighted by molar-refractivity contribution is 5.95. The Balaban J connectivity index is 1.69. The molecule has 1 aromatic carbocycles. The summed E-state index contributed by atoms with van der Waals surface area (Å²) in [5.41, 5.74) is 1.59. The second kappa shape index (κ2) is 9.78. The fourth-order valence-corrected chi connectivity index (χ4v) is 3.50. The molecule has 0 unspecified atom stereocenters. The van der Waals surface area contributed by atoms with Crippen molar-refractivity contribution < 1.29 is 14.3 Å². The molecule has 7 nitrogen and oxygen atoms in total. The van der Waals surface area contributed by atoms with Gasteiger partial charge in [0.05, 0.1) is 13.2 Å². The zero-order valence-corrected chi connectivity index (χ0v) is 18.6. The molecule has 1 aliphatic heterocycles. The van der Waals surface area contributed by atoms with Crippen molar-refractivity contribution in [2.45, 2.75) is 40.5 Å². The number of aromatic nitrogens is 2. The number of carbonyl (C=O) groups excluding carboxylic acids is 1. The number of piperazine rings is 1. The zero-order valence-electron chi connectivity index (χ0n) is 18.6. The van der Waals surface area contributed by atoms with Crippen LogP contribution < -0.4 is 14.4 Å². The first kappa shape index (κ1) is 21.9. The minimum absolute atomic E-state index is 0.0142. The number of benzene rings is 1. The molecule has 0 bridgehead atoms. The van der Waals surface area contributed by atoms with Gasteiger partial charge in [-0.2, -0.15) is 0 Å². The second-order valence-electron chi connectivity index (χ2n) is 7.69. The monoisotopic (exact) mass is 412 g/mol. The molecule has 3 rings (SSSR count). The van der Waals surface area contributed by atoms with Gasteiger partial charge in [-0.25, -0.2) is 9.97 Å². The third-order valence-electron chi connectivity index (χ3n) is 5.06. The van der Waals surface area contributed by atoms with Crippen LogP contribution in [-0.2, 0) is 0 Å². The smallest absolute Gasteiger partial charge is 0.254 e. The van der Waals surface area contributed by atoms with E-state index in [1.165, 1.54) is 0 Å². The molecule has 0 saturated carbocycles. The summed E-state index contributed by atoms with van der Waals surface area (Å²) < 4.78 is 11.3. The van der Waals surface area contributed by atoms with Gasteiger partial charge in [0, 0.05) is 49.4 Å². The maximum absolute atomic E-state index is 13.1. The van der Waals surface area contributed by atoms with Crippen molar-refractivity contribution in [1.29, 1.82) is 0 Å². The molecular formula is C23H32N4O3. The first-order chi connectivity index (χ1) is 14.4. The standard InChI is InChI=1S/C23H32N4O3/c1-6-29-19-9-8-18(15-20(19)30-7-2)23(28)27-12-10-26(11-13-27)21-14-17(5)24-22(25-21)16(3)4/h8-9,14-16H,6-7,10-13H2,1-5H3. The summed E-state index contributed by atoms with van der Waals surface area (Å²) in [7, 11) is 0. The minimum atomic E-state index is 0.0142. The fourth-order valence-electron chi connectivity index (χ4n) is 3.50. The lowest BCUT2D eigenvalue weighted by atomic mass is 10.1. The molecule has 7 heteroatoms. The number of nitrogens with zero attached hydrogens (tertiary/aromatic N) is 4. The predicted octanol–water partition coefficient (Wildman–Crippen LogP) is 3.67. The van der Waals surface area contributed by atoms with E-state index in [0.717, 1.165) is 30.4 Å². The van der Waals surface area contributed by atoms with E-state index in [1.807, 2.05) is 43.9 Å². The summed E-state index contributed by atoms with van der Waals surface area (Å²) in [4.78, 5) is 26.4. The molecule has 1 aliphatic rings. The Morgan fingerprint density at radius 2 is 1.67 bits per heavy atom. The number of amides is 1. The highest BCUT2D eigenvalue weighted by atomic mass is 16.5. The third kappa shape index (κ3) is 5.01. The van der Waals surface area contributed by atoms with Gasteiger partial charge < -0.3 is 19.3 Å². The van der Waals surface area contributed by atoms with E-state index in [9.17, 15) is 4.79 Å². The van der Waals surface area contributed by atoms with Gasteiger partial charge >= 0.3 is 0 Å². The van der Waals surface area contributed by atoms with Crippen molar-refractivity contribution in [2.75, 3.05) is 44.3 Å². The van der Waals surface area contributed by atoms with Gasteiger partial charge in [-0.3, -0.25) is 4.79 Å². The van der Waals surface area contributed by atoms with Gasteiger partial charge in [0.1, 0.15) is 11.6 Å². The van der Waals surface area contributed by atoms with Crippen LogP contribution in [0.2, 0.25) is 0 Å². The van der Waals surface area contributed by atoms with Gasteiger partial charge in [0.25, 0.3) is 5.91 Å². The minimum Gasteiger partial charge on any atom is -0.490 e. The SMILES string of the molecule is CCOc1ccc(C(=O)N2CCN(c3cc(C)nc(C(C)C)n3)CC2)cc1OCC. The van der Waals surface area contributed by atoms with Crippen LogP contribution in [0.3, 0.4) is 0 Å². The highest BCUT2D eigenvalue weighted by Gasteiger charge is 2.24. The van der Waals surface area contributed by atoms with E-state index in [4.69, 9.17) is 14.5 Å². The lowest BCUT2D eigenvalue weighted by Crippen LogP contribution is -2.49. The molecule has 2 heterocycles. The molecule has 1 fully saturated rings. The molecule has 0 aliphatic carbocycles. The molecule has 1 aromatic heterocycles. The maximum atomic E-state index is 13.1. The van der Waals surface area contributed by atoms with Crippen LogP contribution in [-0.4, -0.2) is 60.2 Å². The predicted molar refractivity (Wildman–Crippen MR) is 118 cm³/mol. The van der Waals surface area contributed by atoms with Gasteiger partial charge in [-0.15, -0.1) is 0 Å². The van der Waals surface area contributed by atoms with Crippen molar-refractivity contribution in [3.05, 3.63) is 41.3 Å². The largest absolute Gasteiger partial charge is 0.490 e. The molecule has 30 heavy (non-hydrogen) atoms. The number of hydrogen-bond acceptors (Lipinski definition) is 6. The Morgan fingerprint density at radius 1 is 1.00 bits per heavy atom. The topological polar surface area (TPSA) is 67.8 Å². The Morgan fingerprint density at radius 3 is 2.30 bits per heavy atom. The molecule has 2 aromatic rings. The first-order valence-corrected chi connectivity index (χ1v) is 10.7. The average Bonchev–Trinajstić information content (AvgIpc) is 2.74. The lowest BCUT2D eigenvalue weighted by molar-refractivity contribution is 0.0746. The summed E-state index contributed by atoms with van der Waals surface area (Å²) in [6.07, 6.45) is 0. The number of ether oxygens (including phenoxy) is 2. The summed E-state index contributed by atoms with van der Waals surface area (Å²) in [5, 5.41) is 0. The van der Waals surface area contributed by atoms with Gasteiger partial charge in [-0.05, 0) is 39.0 Å². The Bertz CT molecular complexity index is 877. The van der Waals surface area contributed by atoms with Gasteiger partial charge in [0.2, 0.25) is 0 Å². The maximum Gasteiger partial charge on any atom is 0.254 e. The molecule has 1 amide bonds. The summed E-state index contributed by atoms with van der Waals surface area (Å²) in [5.74, 6) is 3.38. The van der Waals surface area contributed by atoms with Crippen molar-refractivity contribution in [3.63, 3.8) is 0 Å². The number of aryl methyl sites for hydroxylation is 1. The fraction of sp³-hybridized carbons (Fsp3) is 0.522.